The molecule has 2 heterocycles. The van der Waals surface area contributed by atoms with Gasteiger partial charge in [-0.25, -0.2) is 0 Å². The summed E-state index contributed by atoms with van der Waals surface area (Å²) in [5, 5.41) is 69.7. The molecule has 2 aliphatic heterocycles. The SMILES string of the molecule is C=CC(C)(O)CCC=C(C)COC1OC(COC2OCC(O)(CO)C2O)C(O)C(O)C1O. The summed E-state index contributed by atoms with van der Waals surface area (Å²) in [5.41, 5.74) is -2.03. The quantitative estimate of drug-likeness (QED) is 0.167. The lowest BCUT2D eigenvalue weighted by Crippen LogP contribution is -2.59. The van der Waals surface area contributed by atoms with Crippen molar-refractivity contribution in [2.75, 3.05) is 26.4 Å². The van der Waals surface area contributed by atoms with E-state index in [1.165, 1.54) is 6.08 Å². The molecule has 0 amide bonds. The molecule has 2 rings (SSSR count). The van der Waals surface area contributed by atoms with Crippen LogP contribution in [0.2, 0.25) is 0 Å². The zero-order chi connectivity index (χ0) is 24.1. The molecule has 0 aliphatic carbocycles. The third-order valence-corrected chi connectivity index (χ3v) is 5.73. The van der Waals surface area contributed by atoms with E-state index in [1.807, 2.05) is 6.08 Å². The number of allylic oxidation sites excluding steroid dienone is 1. The van der Waals surface area contributed by atoms with Crippen LogP contribution in [0.1, 0.15) is 26.7 Å². The van der Waals surface area contributed by atoms with Gasteiger partial charge in [-0.15, -0.1) is 6.58 Å². The van der Waals surface area contributed by atoms with Gasteiger partial charge in [0.1, 0.15) is 36.1 Å². The molecule has 11 heteroatoms. The minimum Gasteiger partial charge on any atom is -0.393 e. The van der Waals surface area contributed by atoms with Crippen LogP contribution in [0.5, 0.6) is 0 Å². The van der Waals surface area contributed by atoms with Crippen LogP contribution in [0, 0.1) is 0 Å². The maximum Gasteiger partial charge on any atom is 0.187 e. The molecule has 0 aromatic rings. The molecule has 2 saturated heterocycles. The minimum absolute atomic E-state index is 0.0718. The van der Waals surface area contributed by atoms with Crippen LogP contribution < -0.4 is 0 Å². The van der Waals surface area contributed by atoms with E-state index in [9.17, 15) is 35.7 Å². The highest BCUT2D eigenvalue weighted by molar-refractivity contribution is 5.01. The van der Waals surface area contributed by atoms with Crippen molar-refractivity contribution in [1.82, 2.24) is 0 Å². The first-order valence-electron chi connectivity index (χ1n) is 10.5. The molecular formula is C21H36O11. The Labute approximate surface area is 187 Å². The second-order valence-corrected chi connectivity index (χ2v) is 8.70. The molecule has 0 aromatic carbocycles. The highest BCUT2D eigenvalue weighted by Gasteiger charge is 2.50. The van der Waals surface area contributed by atoms with Gasteiger partial charge in [0.15, 0.2) is 12.6 Å². The van der Waals surface area contributed by atoms with Crippen molar-refractivity contribution < 1.29 is 54.7 Å². The lowest BCUT2D eigenvalue weighted by molar-refractivity contribution is -0.307. The summed E-state index contributed by atoms with van der Waals surface area (Å²) >= 11 is 0. The molecular weight excluding hydrogens is 428 g/mol. The van der Waals surface area contributed by atoms with Crippen molar-refractivity contribution in [3.63, 3.8) is 0 Å². The molecule has 0 aromatic heterocycles. The Bertz CT molecular complexity index is 639. The van der Waals surface area contributed by atoms with E-state index in [-0.39, 0.29) is 19.8 Å². The molecule has 0 radical (unpaired) electrons. The fourth-order valence-electron chi connectivity index (χ4n) is 3.30. The van der Waals surface area contributed by atoms with Crippen LogP contribution >= 0.6 is 0 Å². The fraction of sp³-hybridized carbons (Fsp3) is 0.810. The number of aliphatic hydroxyl groups is 7. The van der Waals surface area contributed by atoms with E-state index in [4.69, 9.17) is 18.9 Å². The number of hydrogen-bond donors (Lipinski definition) is 7. The normalized spacial score (nSPS) is 40.3. The van der Waals surface area contributed by atoms with Crippen molar-refractivity contribution in [2.45, 2.75) is 81.0 Å². The lowest BCUT2D eigenvalue weighted by atomic mass is 9.99. The average Bonchev–Trinajstić information content (AvgIpc) is 3.05. The van der Waals surface area contributed by atoms with E-state index in [0.29, 0.717) is 12.8 Å². The summed E-state index contributed by atoms with van der Waals surface area (Å²) in [4.78, 5) is 0. The first kappa shape index (κ1) is 27.3. The average molecular weight is 465 g/mol. The van der Waals surface area contributed by atoms with Crippen LogP contribution in [0.4, 0.5) is 0 Å². The van der Waals surface area contributed by atoms with Crippen molar-refractivity contribution in [3.8, 4) is 0 Å². The van der Waals surface area contributed by atoms with E-state index in [1.54, 1.807) is 13.8 Å². The Hall–Kier alpha value is -0.960. The van der Waals surface area contributed by atoms with E-state index < -0.39 is 60.9 Å². The van der Waals surface area contributed by atoms with Crippen molar-refractivity contribution >= 4 is 0 Å². The monoisotopic (exact) mass is 464 g/mol. The van der Waals surface area contributed by atoms with Crippen molar-refractivity contribution in [1.29, 1.82) is 0 Å². The van der Waals surface area contributed by atoms with Gasteiger partial charge < -0.3 is 54.7 Å². The summed E-state index contributed by atoms with van der Waals surface area (Å²) in [6.07, 6.45) is -5.39. The topological polar surface area (TPSA) is 179 Å². The maximum absolute atomic E-state index is 10.2. The minimum atomic E-state index is -1.86. The molecule has 7 N–H and O–H groups in total. The summed E-state index contributed by atoms with van der Waals surface area (Å²) < 4.78 is 21.6. The first-order chi connectivity index (χ1) is 14.9. The van der Waals surface area contributed by atoms with Crippen molar-refractivity contribution in [2.24, 2.45) is 0 Å². The van der Waals surface area contributed by atoms with Crippen LogP contribution in [-0.2, 0) is 18.9 Å². The van der Waals surface area contributed by atoms with Gasteiger partial charge >= 0.3 is 0 Å². The highest BCUT2D eigenvalue weighted by atomic mass is 16.7. The smallest absolute Gasteiger partial charge is 0.187 e. The van der Waals surface area contributed by atoms with E-state index in [2.05, 4.69) is 6.58 Å². The number of ether oxygens (including phenoxy) is 4. The number of hydrogen-bond acceptors (Lipinski definition) is 11. The second kappa shape index (κ2) is 11.4. The summed E-state index contributed by atoms with van der Waals surface area (Å²) in [7, 11) is 0. The van der Waals surface area contributed by atoms with Gasteiger partial charge in [0.25, 0.3) is 0 Å². The Balaban J connectivity index is 1.88. The number of aliphatic hydroxyl groups excluding tert-OH is 5. The second-order valence-electron chi connectivity index (χ2n) is 8.70. The predicted octanol–water partition coefficient (Wildman–Crippen LogP) is -2.07. The van der Waals surface area contributed by atoms with Gasteiger partial charge in [0.2, 0.25) is 0 Å². The third-order valence-electron chi connectivity index (χ3n) is 5.73. The van der Waals surface area contributed by atoms with E-state index >= 15 is 0 Å². The summed E-state index contributed by atoms with van der Waals surface area (Å²) in [6, 6.07) is 0. The molecule has 9 unspecified atom stereocenters. The zero-order valence-electron chi connectivity index (χ0n) is 18.4. The molecule has 0 saturated carbocycles. The van der Waals surface area contributed by atoms with Gasteiger partial charge in [-0.3, -0.25) is 0 Å². The zero-order valence-corrected chi connectivity index (χ0v) is 18.4. The molecule has 2 aliphatic rings. The Morgan fingerprint density at radius 2 is 1.84 bits per heavy atom. The van der Waals surface area contributed by atoms with Gasteiger partial charge in [0, 0.05) is 0 Å². The predicted molar refractivity (Wildman–Crippen MR) is 110 cm³/mol. The van der Waals surface area contributed by atoms with Crippen molar-refractivity contribution in [3.05, 3.63) is 24.3 Å². The van der Waals surface area contributed by atoms with Gasteiger partial charge in [-0.1, -0.05) is 17.7 Å². The molecule has 32 heavy (non-hydrogen) atoms. The van der Waals surface area contributed by atoms with Crippen LogP contribution in [0.25, 0.3) is 0 Å². The van der Waals surface area contributed by atoms with E-state index in [0.717, 1.165) is 5.57 Å². The highest BCUT2D eigenvalue weighted by Crippen LogP contribution is 2.28. The fourth-order valence-corrected chi connectivity index (χ4v) is 3.30. The lowest BCUT2D eigenvalue weighted by Gasteiger charge is -2.40. The molecule has 11 nitrogen and oxygen atoms in total. The van der Waals surface area contributed by atoms with Gasteiger partial charge in [-0.2, -0.15) is 0 Å². The Kier molecular flexibility index (Phi) is 9.76. The largest absolute Gasteiger partial charge is 0.393 e. The number of rotatable bonds is 11. The third kappa shape index (κ3) is 6.78. The molecule has 186 valence electrons. The summed E-state index contributed by atoms with van der Waals surface area (Å²) in [5.74, 6) is 0. The van der Waals surface area contributed by atoms with Crippen LogP contribution in [-0.4, -0.2) is 116 Å². The Morgan fingerprint density at radius 1 is 1.16 bits per heavy atom. The van der Waals surface area contributed by atoms with Gasteiger partial charge in [0.05, 0.1) is 32.0 Å². The van der Waals surface area contributed by atoms with Crippen LogP contribution in [0.3, 0.4) is 0 Å². The van der Waals surface area contributed by atoms with Crippen LogP contribution in [0.15, 0.2) is 24.3 Å². The maximum atomic E-state index is 10.2. The molecule has 0 bridgehead atoms. The molecule has 9 atom stereocenters. The Morgan fingerprint density at radius 3 is 2.44 bits per heavy atom. The van der Waals surface area contributed by atoms with Gasteiger partial charge in [-0.05, 0) is 26.7 Å². The standard InChI is InChI=1S/C21H36O11/c1-4-20(3,27)7-5-6-12(2)8-29-18-16(25)15(24)14(23)13(32-18)9-30-19-17(26)21(28,10-22)11-31-19/h4,6,13-19,22-28H,1,5,7-11H2,2-3H3. The molecule has 2 fully saturated rings. The molecule has 0 spiro atoms. The summed E-state index contributed by atoms with van der Waals surface area (Å²) in [6.45, 7) is 5.68. The first-order valence-corrected chi connectivity index (χ1v) is 10.5.